The van der Waals surface area contributed by atoms with Crippen LogP contribution in [0.5, 0.6) is 0 Å². The van der Waals surface area contributed by atoms with Crippen LogP contribution in [0.4, 0.5) is 0 Å². The minimum atomic E-state index is 0.359. The van der Waals surface area contributed by atoms with Crippen LogP contribution in [0.3, 0.4) is 0 Å². The molecule has 2 heteroatoms. The number of aromatic nitrogens is 1. The maximum atomic E-state index is 4.52. The second-order valence-electron chi connectivity index (χ2n) is 5.04. The second kappa shape index (κ2) is 4.59. The van der Waals surface area contributed by atoms with Gasteiger partial charge < -0.3 is 0 Å². The zero-order valence-corrected chi connectivity index (χ0v) is 12.8. The van der Waals surface area contributed by atoms with Gasteiger partial charge in [-0.25, -0.2) is 0 Å². The molecule has 4 aromatic rings. The summed E-state index contributed by atoms with van der Waals surface area (Å²) < 4.78 is 2.71. The summed E-state index contributed by atoms with van der Waals surface area (Å²) in [6, 6.07) is 19.8. The van der Waals surface area contributed by atoms with Gasteiger partial charge in [-0.15, -0.1) is 0 Å². The first-order valence-electron chi connectivity index (χ1n) is 6.65. The number of hydrogen-bond donors (Lipinski definition) is 0. The fourth-order valence-electron chi connectivity index (χ4n) is 2.54. The molecule has 0 saturated heterocycles. The fourth-order valence-corrected chi connectivity index (χ4v) is 4.69. The van der Waals surface area contributed by atoms with Gasteiger partial charge >= 0.3 is 123 Å². The predicted octanol–water partition coefficient (Wildman–Crippen LogP) is 4.42. The number of rotatable bonds is 1. The van der Waals surface area contributed by atoms with E-state index in [1.807, 2.05) is 12.3 Å². The van der Waals surface area contributed by atoms with E-state index in [9.17, 15) is 0 Å². The molecule has 1 nitrogen and oxygen atoms in total. The standard InChI is InChI=1S/C18H13NSe/c1-12-4-6-13(7-5-12)14-8-9-17-16(11-14)15-3-2-10-19-18(15)20-17/h2-11H,1H3. The third-order valence-electron chi connectivity index (χ3n) is 3.63. The molecule has 0 saturated carbocycles. The molecule has 2 heterocycles. The number of nitrogens with zero attached hydrogens (tertiary/aromatic N) is 1. The van der Waals surface area contributed by atoms with E-state index in [0.717, 1.165) is 0 Å². The van der Waals surface area contributed by atoms with Gasteiger partial charge in [0.2, 0.25) is 0 Å². The van der Waals surface area contributed by atoms with Crippen LogP contribution < -0.4 is 0 Å². The third-order valence-corrected chi connectivity index (χ3v) is 5.93. The first-order chi connectivity index (χ1) is 9.81. The summed E-state index contributed by atoms with van der Waals surface area (Å²) in [5.74, 6) is 0. The summed E-state index contributed by atoms with van der Waals surface area (Å²) >= 11 is 0.359. The van der Waals surface area contributed by atoms with Crippen LogP contribution in [-0.4, -0.2) is 19.5 Å². The Morgan fingerprint density at radius 3 is 2.50 bits per heavy atom. The monoisotopic (exact) mass is 323 g/mol. The van der Waals surface area contributed by atoms with Crippen molar-refractivity contribution in [2.45, 2.75) is 6.92 Å². The molecule has 0 aliphatic carbocycles. The average molecular weight is 322 g/mol. The third kappa shape index (κ3) is 1.89. The molecule has 4 rings (SSSR count). The van der Waals surface area contributed by atoms with Crippen molar-refractivity contribution in [1.29, 1.82) is 0 Å². The molecule has 0 fully saturated rings. The molecule has 0 unspecified atom stereocenters. The number of benzene rings is 2. The van der Waals surface area contributed by atoms with Crippen LogP contribution in [0.25, 0.3) is 30.6 Å². The molecular formula is C18H13NSe. The van der Waals surface area contributed by atoms with E-state index in [-0.39, 0.29) is 0 Å². The van der Waals surface area contributed by atoms with E-state index in [2.05, 4.69) is 60.4 Å². The normalized spacial score (nSPS) is 11.2. The summed E-state index contributed by atoms with van der Waals surface area (Å²) in [6.45, 7) is 2.12. The molecule has 20 heavy (non-hydrogen) atoms. The van der Waals surface area contributed by atoms with Gasteiger partial charge in [0.15, 0.2) is 0 Å². The Morgan fingerprint density at radius 2 is 1.65 bits per heavy atom. The van der Waals surface area contributed by atoms with Crippen LogP contribution in [0.15, 0.2) is 60.8 Å². The van der Waals surface area contributed by atoms with Gasteiger partial charge in [-0.2, -0.15) is 0 Å². The van der Waals surface area contributed by atoms with Crippen molar-refractivity contribution in [2.24, 2.45) is 0 Å². The van der Waals surface area contributed by atoms with Gasteiger partial charge in [0.05, 0.1) is 0 Å². The molecular weight excluding hydrogens is 309 g/mol. The van der Waals surface area contributed by atoms with Gasteiger partial charge in [-0.3, -0.25) is 0 Å². The molecule has 0 bridgehead atoms. The molecule has 2 aromatic heterocycles. The average Bonchev–Trinajstić information content (AvgIpc) is 2.86. The summed E-state index contributed by atoms with van der Waals surface area (Å²) in [7, 11) is 0. The minimum absolute atomic E-state index is 0.359. The van der Waals surface area contributed by atoms with Gasteiger partial charge in [0.1, 0.15) is 0 Å². The Balaban J connectivity index is 1.97. The quantitative estimate of drug-likeness (QED) is 0.473. The summed E-state index contributed by atoms with van der Waals surface area (Å²) in [5.41, 5.74) is 3.87. The number of hydrogen-bond acceptors (Lipinski definition) is 1. The molecule has 2 aromatic carbocycles. The van der Waals surface area contributed by atoms with Crippen LogP contribution in [-0.2, 0) is 0 Å². The van der Waals surface area contributed by atoms with Gasteiger partial charge in [0.25, 0.3) is 0 Å². The van der Waals surface area contributed by atoms with E-state index in [1.165, 1.54) is 36.1 Å². The molecule has 96 valence electrons. The second-order valence-corrected chi connectivity index (χ2v) is 7.20. The zero-order chi connectivity index (χ0) is 13.5. The topological polar surface area (TPSA) is 12.9 Å². The summed E-state index contributed by atoms with van der Waals surface area (Å²) in [5, 5.41) is 2.68. The number of fused-ring (bicyclic) bond motifs is 3. The van der Waals surface area contributed by atoms with Gasteiger partial charge in [-0.05, 0) is 0 Å². The van der Waals surface area contributed by atoms with Crippen molar-refractivity contribution < 1.29 is 0 Å². The van der Waals surface area contributed by atoms with E-state index in [4.69, 9.17) is 0 Å². The molecule has 0 radical (unpaired) electrons. The SMILES string of the molecule is Cc1ccc(-c2ccc3[se]c4ncccc4c3c2)cc1. The maximum absolute atomic E-state index is 4.52. The van der Waals surface area contributed by atoms with Crippen molar-refractivity contribution in [3.05, 3.63) is 66.4 Å². The van der Waals surface area contributed by atoms with E-state index in [0.29, 0.717) is 14.5 Å². The van der Waals surface area contributed by atoms with E-state index >= 15 is 0 Å². The van der Waals surface area contributed by atoms with Crippen molar-refractivity contribution in [3.8, 4) is 11.1 Å². The molecule has 0 aliphatic rings. The first-order valence-corrected chi connectivity index (χ1v) is 8.37. The molecule has 0 N–H and O–H groups in total. The number of aryl methyl sites for hydroxylation is 1. The summed E-state index contributed by atoms with van der Waals surface area (Å²) in [4.78, 5) is 4.52. The van der Waals surface area contributed by atoms with Crippen LogP contribution in [0.2, 0.25) is 0 Å². The Hall–Kier alpha value is -1.89. The van der Waals surface area contributed by atoms with Gasteiger partial charge in [-0.1, -0.05) is 0 Å². The van der Waals surface area contributed by atoms with Crippen molar-refractivity contribution in [2.75, 3.05) is 0 Å². The Bertz CT molecular complexity index is 904. The van der Waals surface area contributed by atoms with Crippen LogP contribution in [0, 0.1) is 6.92 Å². The Labute approximate surface area is 123 Å². The van der Waals surface area contributed by atoms with E-state index < -0.39 is 0 Å². The van der Waals surface area contributed by atoms with Gasteiger partial charge in [0, 0.05) is 0 Å². The molecule has 0 aliphatic heterocycles. The predicted molar refractivity (Wildman–Crippen MR) is 86.4 cm³/mol. The molecule has 0 amide bonds. The van der Waals surface area contributed by atoms with Crippen molar-refractivity contribution in [3.63, 3.8) is 0 Å². The Kier molecular flexibility index (Phi) is 2.73. The summed E-state index contributed by atoms with van der Waals surface area (Å²) in [6.07, 6.45) is 1.90. The van der Waals surface area contributed by atoms with Crippen molar-refractivity contribution in [1.82, 2.24) is 4.98 Å². The van der Waals surface area contributed by atoms with E-state index in [1.54, 1.807) is 0 Å². The van der Waals surface area contributed by atoms with Crippen LogP contribution >= 0.6 is 0 Å². The number of pyridine rings is 1. The zero-order valence-electron chi connectivity index (χ0n) is 11.1. The fraction of sp³-hybridized carbons (Fsp3) is 0.0556. The van der Waals surface area contributed by atoms with Crippen LogP contribution in [0.1, 0.15) is 5.56 Å². The Morgan fingerprint density at radius 1 is 0.850 bits per heavy atom. The molecule has 0 spiro atoms. The first kappa shape index (κ1) is 11.9. The molecule has 0 atom stereocenters. The van der Waals surface area contributed by atoms with Crippen molar-refractivity contribution >= 4 is 33.9 Å².